The fraction of sp³-hybridized carbons (Fsp3) is 0.111. The fourth-order valence-corrected chi connectivity index (χ4v) is 3.16. The Morgan fingerprint density at radius 1 is 1.16 bits per heavy atom. The lowest BCUT2D eigenvalue weighted by Crippen LogP contribution is -2.11. The number of anilines is 1. The zero-order chi connectivity index (χ0) is 17.8. The molecule has 2 aromatic carbocycles. The largest absolute Gasteiger partial charge is 0.497 e. The molecule has 0 saturated carbocycles. The fourth-order valence-electron chi connectivity index (χ4n) is 2.26. The van der Waals surface area contributed by atoms with Gasteiger partial charge in [0.25, 0.3) is 5.91 Å². The molecule has 1 heterocycles. The number of aromatic nitrogens is 1. The molecule has 0 bridgehead atoms. The first kappa shape index (κ1) is 17.3. The number of rotatable bonds is 5. The number of methoxy groups -OCH3 is 2. The predicted molar refractivity (Wildman–Crippen MR) is 100 cm³/mol. The second-order valence-electron chi connectivity index (χ2n) is 5.07. The van der Waals surface area contributed by atoms with Crippen LogP contribution in [0.25, 0.3) is 11.3 Å². The number of nitrogens with one attached hydrogen (secondary N) is 1. The maximum absolute atomic E-state index is 12.3. The average Bonchev–Trinajstić information content (AvgIpc) is 3.09. The highest BCUT2D eigenvalue weighted by molar-refractivity contribution is 7.14. The lowest BCUT2D eigenvalue weighted by Gasteiger charge is -2.08. The number of amides is 1. The van der Waals surface area contributed by atoms with Crippen molar-refractivity contribution >= 4 is 34.0 Å². The Kier molecular flexibility index (Phi) is 5.21. The van der Waals surface area contributed by atoms with Crippen LogP contribution in [0.4, 0.5) is 5.13 Å². The SMILES string of the molecule is COc1ccc(-c2csc(NC(=O)c3cccc(Cl)c3)n2)c(OC)c1. The van der Waals surface area contributed by atoms with Gasteiger partial charge in [-0.25, -0.2) is 4.98 Å². The van der Waals surface area contributed by atoms with Crippen LogP contribution in [0.5, 0.6) is 11.5 Å². The molecule has 0 atom stereocenters. The van der Waals surface area contributed by atoms with Gasteiger partial charge >= 0.3 is 0 Å². The van der Waals surface area contributed by atoms with Gasteiger partial charge in [-0.2, -0.15) is 0 Å². The topological polar surface area (TPSA) is 60.5 Å². The Bertz CT molecular complexity index is 911. The molecule has 0 aliphatic carbocycles. The van der Waals surface area contributed by atoms with E-state index < -0.39 is 0 Å². The lowest BCUT2D eigenvalue weighted by atomic mass is 10.1. The zero-order valence-electron chi connectivity index (χ0n) is 13.6. The normalized spacial score (nSPS) is 10.4. The predicted octanol–water partition coefficient (Wildman–Crippen LogP) is 4.73. The van der Waals surface area contributed by atoms with E-state index in [4.69, 9.17) is 21.1 Å². The van der Waals surface area contributed by atoms with Crippen LogP contribution in [-0.4, -0.2) is 25.1 Å². The maximum atomic E-state index is 12.3. The van der Waals surface area contributed by atoms with Gasteiger partial charge in [-0.3, -0.25) is 10.1 Å². The van der Waals surface area contributed by atoms with Gasteiger partial charge in [0.15, 0.2) is 5.13 Å². The van der Waals surface area contributed by atoms with Gasteiger partial charge in [-0.1, -0.05) is 17.7 Å². The number of ether oxygens (including phenoxy) is 2. The van der Waals surface area contributed by atoms with Gasteiger partial charge in [-0.15, -0.1) is 11.3 Å². The monoisotopic (exact) mass is 374 g/mol. The lowest BCUT2D eigenvalue weighted by molar-refractivity contribution is 0.102. The molecule has 7 heteroatoms. The van der Waals surface area contributed by atoms with Crippen molar-refractivity contribution in [1.29, 1.82) is 0 Å². The molecule has 0 unspecified atom stereocenters. The van der Waals surface area contributed by atoms with Gasteiger partial charge in [-0.05, 0) is 30.3 Å². The van der Waals surface area contributed by atoms with Crippen LogP contribution in [0.3, 0.4) is 0 Å². The highest BCUT2D eigenvalue weighted by Crippen LogP contribution is 2.34. The van der Waals surface area contributed by atoms with E-state index in [1.807, 2.05) is 17.5 Å². The Labute approximate surface area is 154 Å². The molecule has 0 aliphatic rings. The average molecular weight is 375 g/mol. The summed E-state index contributed by atoms with van der Waals surface area (Å²) in [6.07, 6.45) is 0. The Morgan fingerprint density at radius 3 is 2.72 bits per heavy atom. The Morgan fingerprint density at radius 2 is 2.00 bits per heavy atom. The Hall–Kier alpha value is -2.57. The highest BCUT2D eigenvalue weighted by atomic mass is 35.5. The number of thiazole rings is 1. The van der Waals surface area contributed by atoms with Crippen LogP contribution in [0, 0.1) is 0 Å². The van der Waals surface area contributed by atoms with E-state index in [2.05, 4.69) is 10.3 Å². The van der Waals surface area contributed by atoms with Gasteiger partial charge < -0.3 is 9.47 Å². The molecule has 5 nitrogen and oxygen atoms in total. The second kappa shape index (κ2) is 7.55. The summed E-state index contributed by atoms with van der Waals surface area (Å²) in [5, 5.41) is 5.65. The van der Waals surface area contributed by atoms with Crippen LogP contribution in [0.15, 0.2) is 47.8 Å². The number of carbonyl (C=O) groups is 1. The number of nitrogens with zero attached hydrogens (tertiary/aromatic N) is 1. The molecule has 1 amide bonds. The number of hydrogen-bond donors (Lipinski definition) is 1. The van der Waals surface area contributed by atoms with Crippen molar-refractivity contribution in [2.45, 2.75) is 0 Å². The summed E-state index contributed by atoms with van der Waals surface area (Å²) < 4.78 is 10.6. The summed E-state index contributed by atoms with van der Waals surface area (Å²) in [5.41, 5.74) is 2.01. The maximum Gasteiger partial charge on any atom is 0.257 e. The van der Waals surface area contributed by atoms with Crippen LogP contribution in [0.1, 0.15) is 10.4 Å². The standard InChI is InChI=1S/C18H15ClN2O3S/c1-23-13-6-7-14(16(9-13)24-2)15-10-25-18(20-15)21-17(22)11-4-3-5-12(19)8-11/h3-10H,1-2H3,(H,20,21,22). The van der Waals surface area contributed by atoms with E-state index >= 15 is 0 Å². The van der Waals surface area contributed by atoms with E-state index in [0.29, 0.717) is 32.9 Å². The summed E-state index contributed by atoms with van der Waals surface area (Å²) in [6, 6.07) is 12.2. The molecule has 1 aromatic heterocycles. The summed E-state index contributed by atoms with van der Waals surface area (Å²) >= 11 is 7.25. The summed E-state index contributed by atoms with van der Waals surface area (Å²) in [5.74, 6) is 1.09. The smallest absolute Gasteiger partial charge is 0.257 e. The highest BCUT2D eigenvalue weighted by Gasteiger charge is 2.13. The molecule has 0 spiro atoms. The van der Waals surface area contributed by atoms with Crippen molar-refractivity contribution < 1.29 is 14.3 Å². The molecule has 1 N–H and O–H groups in total. The molecule has 0 fully saturated rings. The van der Waals surface area contributed by atoms with Crippen LogP contribution >= 0.6 is 22.9 Å². The third-order valence-electron chi connectivity index (χ3n) is 3.50. The molecule has 25 heavy (non-hydrogen) atoms. The molecule has 0 aliphatic heterocycles. The van der Waals surface area contributed by atoms with Gasteiger partial charge in [0.2, 0.25) is 0 Å². The first-order valence-corrected chi connectivity index (χ1v) is 8.61. The third-order valence-corrected chi connectivity index (χ3v) is 4.49. The van der Waals surface area contributed by atoms with Crippen molar-refractivity contribution in [3.63, 3.8) is 0 Å². The van der Waals surface area contributed by atoms with Gasteiger partial charge in [0, 0.05) is 27.6 Å². The first-order valence-electron chi connectivity index (χ1n) is 7.35. The van der Waals surface area contributed by atoms with Crippen molar-refractivity contribution in [3.8, 4) is 22.8 Å². The van der Waals surface area contributed by atoms with Gasteiger partial charge in [0.1, 0.15) is 11.5 Å². The van der Waals surface area contributed by atoms with Crippen molar-refractivity contribution in [2.75, 3.05) is 19.5 Å². The van der Waals surface area contributed by atoms with Crippen molar-refractivity contribution in [2.24, 2.45) is 0 Å². The molecule has 0 radical (unpaired) electrons. The molecule has 3 rings (SSSR count). The number of halogens is 1. The Balaban J connectivity index is 1.82. The quantitative estimate of drug-likeness (QED) is 0.701. The molecular formula is C18H15ClN2O3S. The van der Waals surface area contributed by atoms with Crippen LogP contribution in [0.2, 0.25) is 5.02 Å². The number of hydrogen-bond acceptors (Lipinski definition) is 5. The van der Waals surface area contributed by atoms with E-state index in [1.54, 1.807) is 44.6 Å². The van der Waals surface area contributed by atoms with Crippen LogP contribution < -0.4 is 14.8 Å². The minimum atomic E-state index is -0.259. The summed E-state index contributed by atoms with van der Waals surface area (Å²) in [4.78, 5) is 16.7. The summed E-state index contributed by atoms with van der Waals surface area (Å²) in [6.45, 7) is 0. The number of carbonyl (C=O) groups excluding carboxylic acids is 1. The first-order chi connectivity index (χ1) is 12.1. The van der Waals surface area contributed by atoms with E-state index in [0.717, 1.165) is 5.56 Å². The molecule has 3 aromatic rings. The minimum Gasteiger partial charge on any atom is -0.497 e. The van der Waals surface area contributed by atoms with E-state index in [-0.39, 0.29) is 5.91 Å². The number of benzene rings is 2. The van der Waals surface area contributed by atoms with Gasteiger partial charge in [0.05, 0.1) is 19.9 Å². The molecular weight excluding hydrogens is 360 g/mol. The third kappa shape index (κ3) is 3.92. The van der Waals surface area contributed by atoms with Crippen molar-refractivity contribution in [3.05, 3.63) is 58.4 Å². The molecule has 128 valence electrons. The zero-order valence-corrected chi connectivity index (χ0v) is 15.1. The molecule has 0 saturated heterocycles. The second-order valence-corrected chi connectivity index (χ2v) is 6.36. The summed E-state index contributed by atoms with van der Waals surface area (Å²) in [7, 11) is 3.19. The van der Waals surface area contributed by atoms with Crippen LogP contribution in [-0.2, 0) is 0 Å². The van der Waals surface area contributed by atoms with E-state index in [9.17, 15) is 4.79 Å². The van der Waals surface area contributed by atoms with E-state index in [1.165, 1.54) is 11.3 Å². The minimum absolute atomic E-state index is 0.259. The van der Waals surface area contributed by atoms with Crippen molar-refractivity contribution in [1.82, 2.24) is 4.98 Å².